The number of ether oxygens (including phenoxy) is 2. The first-order chi connectivity index (χ1) is 12.2. The minimum absolute atomic E-state index is 0.182. The van der Waals surface area contributed by atoms with E-state index in [9.17, 15) is 13.2 Å². The van der Waals surface area contributed by atoms with Crippen LogP contribution in [0.25, 0.3) is 0 Å². The molecule has 0 bridgehead atoms. The number of rotatable bonds is 5. The maximum Gasteiger partial charge on any atom is 0.340 e. The van der Waals surface area contributed by atoms with Gasteiger partial charge in [-0.3, -0.25) is 4.31 Å². The number of benzene rings is 2. The number of aryl methyl sites for hydroxylation is 1. The van der Waals surface area contributed by atoms with Crippen molar-refractivity contribution in [2.45, 2.75) is 25.7 Å². The Labute approximate surface area is 154 Å². The van der Waals surface area contributed by atoms with Gasteiger partial charge in [-0.2, -0.15) is 0 Å². The fraction of sp³-hybridized carbons (Fsp3) is 0.316. The lowest BCUT2D eigenvalue weighted by molar-refractivity contribution is 0.0601. The Hall–Kier alpha value is -2.54. The summed E-state index contributed by atoms with van der Waals surface area (Å²) < 4.78 is 37.8. The summed E-state index contributed by atoms with van der Waals surface area (Å²) in [6.45, 7) is 5.29. The topological polar surface area (TPSA) is 72.9 Å². The zero-order valence-electron chi connectivity index (χ0n) is 15.8. The van der Waals surface area contributed by atoms with Crippen LogP contribution in [0.4, 0.5) is 5.69 Å². The maximum absolute atomic E-state index is 13.3. The Morgan fingerprint density at radius 1 is 1.04 bits per heavy atom. The Morgan fingerprint density at radius 2 is 1.65 bits per heavy atom. The van der Waals surface area contributed by atoms with Gasteiger partial charge in [-0.1, -0.05) is 12.1 Å². The summed E-state index contributed by atoms with van der Waals surface area (Å²) in [5.41, 5.74) is 2.39. The molecule has 0 amide bonds. The second-order valence-corrected chi connectivity index (χ2v) is 7.86. The smallest absolute Gasteiger partial charge is 0.340 e. The van der Waals surface area contributed by atoms with E-state index in [2.05, 4.69) is 0 Å². The van der Waals surface area contributed by atoms with Gasteiger partial charge in [0, 0.05) is 7.05 Å². The van der Waals surface area contributed by atoms with Gasteiger partial charge in [0.25, 0.3) is 10.0 Å². The molecular weight excluding hydrogens is 354 g/mol. The largest absolute Gasteiger partial charge is 0.496 e. The second kappa shape index (κ2) is 7.37. The molecule has 2 aromatic rings. The van der Waals surface area contributed by atoms with Gasteiger partial charge in [-0.25, -0.2) is 13.2 Å². The van der Waals surface area contributed by atoms with Gasteiger partial charge in [-0.05, 0) is 55.7 Å². The number of hydrogen-bond donors (Lipinski definition) is 0. The number of carbonyl (C=O) groups excluding carboxylic acids is 1. The van der Waals surface area contributed by atoms with Gasteiger partial charge in [0.05, 0.1) is 30.4 Å². The highest BCUT2D eigenvalue weighted by Crippen LogP contribution is 2.34. The molecule has 0 radical (unpaired) electrons. The van der Waals surface area contributed by atoms with Crippen molar-refractivity contribution in [2.75, 3.05) is 25.6 Å². The molecule has 0 aromatic heterocycles. The first kappa shape index (κ1) is 19.8. The van der Waals surface area contributed by atoms with Crippen molar-refractivity contribution in [1.82, 2.24) is 0 Å². The molecule has 26 heavy (non-hydrogen) atoms. The molecule has 140 valence electrons. The molecule has 6 nitrogen and oxygen atoms in total. The van der Waals surface area contributed by atoms with Gasteiger partial charge in [0.1, 0.15) is 5.75 Å². The normalized spacial score (nSPS) is 11.2. The van der Waals surface area contributed by atoms with Crippen molar-refractivity contribution < 1.29 is 22.7 Å². The van der Waals surface area contributed by atoms with Crippen molar-refractivity contribution in [2.24, 2.45) is 0 Å². The Bertz CT molecular complexity index is 951. The Kier molecular flexibility index (Phi) is 5.61. The quantitative estimate of drug-likeness (QED) is 0.748. The van der Waals surface area contributed by atoms with Gasteiger partial charge < -0.3 is 9.47 Å². The van der Waals surface area contributed by atoms with Crippen LogP contribution in [0.3, 0.4) is 0 Å². The second-order valence-electron chi connectivity index (χ2n) is 5.96. The van der Waals surface area contributed by atoms with E-state index in [1.54, 1.807) is 45.2 Å². The number of sulfonamides is 1. The van der Waals surface area contributed by atoms with Crippen LogP contribution in [-0.2, 0) is 14.8 Å². The van der Waals surface area contributed by atoms with Crippen LogP contribution < -0.4 is 9.04 Å². The molecule has 2 aromatic carbocycles. The minimum Gasteiger partial charge on any atom is -0.496 e. The molecule has 0 atom stereocenters. The molecule has 0 spiro atoms. The molecule has 0 fully saturated rings. The summed E-state index contributed by atoms with van der Waals surface area (Å²) in [6.07, 6.45) is 0. The number of hydrogen-bond acceptors (Lipinski definition) is 5. The minimum atomic E-state index is -3.90. The standard InChI is InChI=1S/C19H23NO5S/c1-12-11-17(24-5)13(2)14(3)18(12)26(22,23)20(4)16-10-8-7-9-15(16)19(21)25-6/h7-11H,1-6H3. The van der Waals surface area contributed by atoms with Crippen molar-refractivity contribution in [3.8, 4) is 5.75 Å². The van der Waals surface area contributed by atoms with Crippen LogP contribution in [0.2, 0.25) is 0 Å². The summed E-state index contributed by atoms with van der Waals surface area (Å²) in [6, 6.07) is 8.14. The van der Waals surface area contributed by atoms with Crippen molar-refractivity contribution in [3.05, 3.63) is 52.6 Å². The predicted molar refractivity (Wildman–Crippen MR) is 101 cm³/mol. The van der Waals surface area contributed by atoms with E-state index in [-0.39, 0.29) is 16.1 Å². The van der Waals surface area contributed by atoms with Crippen LogP contribution >= 0.6 is 0 Å². The van der Waals surface area contributed by atoms with Crippen LogP contribution in [-0.4, -0.2) is 35.7 Å². The molecule has 0 N–H and O–H groups in total. The third-order valence-electron chi connectivity index (χ3n) is 4.47. The SMILES string of the molecule is COC(=O)c1ccccc1N(C)S(=O)(=O)c1c(C)cc(OC)c(C)c1C. The number of anilines is 1. The highest BCUT2D eigenvalue weighted by Gasteiger charge is 2.29. The summed E-state index contributed by atoms with van der Waals surface area (Å²) in [7, 11) is 0.339. The molecule has 0 unspecified atom stereocenters. The lowest BCUT2D eigenvalue weighted by Crippen LogP contribution is -2.29. The Balaban J connectivity index is 2.67. The molecule has 2 rings (SSSR count). The number of carbonyl (C=O) groups is 1. The highest BCUT2D eigenvalue weighted by molar-refractivity contribution is 7.93. The van der Waals surface area contributed by atoms with Gasteiger partial charge in [0.15, 0.2) is 0 Å². The number of methoxy groups -OCH3 is 2. The first-order valence-corrected chi connectivity index (χ1v) is 9.41. The fourth-order valence-corrected chi connectivity index (χ4v) is 4.63. The number of para-hydroxylation sites is 1. The summed E-state index contributed by atoms with van der Waals surface area (Å²) >= 11 is 0. The lowest BCUT2D eigenvalue weighted by Gasteiger charge is -2.24. The number of nitrogens with zero attached hydrogens (tertiary/aromatic N) is 1. The zero-order valence-corrected chi connectivity index (χ0v) is 16.6. The molecule has 0 aliphatic heterocycles. The van der Waals surface area contributed by atoms with Gasteiger partial charge in [-0.15, -0.1) is 0 Å². The van der Waals surface area contributed by atoms with E-state index in [1.165, 1.54) is 20.2 Å². The van der Waals surface area contributed by atoms with E-state index in [4.69, 9.17) is 9.47 Å². The van der Waals surface area contributed by atoms with E-state index >= 15 is 0 Å². The third kappa shape index (κ3) is 3.26. The average molecular weight is 377 g/mol. The van der Waals surface area contributed by atoms with Crippen LogP contribution in [0.1, 0.15) is 27.0 Å². The lowest BCUT2D eigenvalue weighted by atomic mass is 10.1. The molecule has 0 heterocycles. The average Bonchev–Trinajstić information content (AvgIpc) is 2.63. The molecule has 0 saturated carbocycles. The highest BCUT2D eigenvalue weighted by atomic mass is 32.2. The summed E-state index contributed by atoms with van der Waals surface area (Å²) in [5.74, 6) is 0.0403. The molecule has 0 aliphatic rings. The van der Waals surface area contributed by atoms with E-state index in [1.807, 2.05) is 6.92 Å². The van der Waals surface area contributed by atoms with E-state index in [0.29, 0.717) is 16.9 Å². The maximum atomic E-state index is 13.3. The van der Waals surface area contributed by atoms with E-state index in [0.717, 1.165) is 9.87 Å². The Morgan fingerprint density at radius 3 is 2.23 bits per heavy atom. The first-order valence-electron chi connectivity index (χ1n) is 7.97. The summed E-state index contributed by atoms with van der Waals surface area (Å²) in [5, 5.41) is 0. The van der Waals surface area contributed by atoms with Crippen molar-refractivity contribution in [1.29, 1.82) is 0 Å². The molecule has 0 saturated heterocycles. The zero-order chi connectivity index (χ0) is 19.6. The number of esters is 1. The molecular formula is C19H23NO5S. The van der Waals surface area contributed by atoms with Crippen LogP contribution in [0.5, 0.6) is 5.75 Å². The van der Waals surface area contributed by atoms with Crippen LogP contribution in [0, 0.1) is 20.8 Å². The van der Waals surface area contributed by atoms with Gasteiger partial charge >= 0.3 is 5.97 Å². The van der Waals surface area contributed by atoms with E-state index < -0.39 is 16.0 Å². The molecule has 7 heteroatoms. The summed E-state index contributed by atoms with van der Waals surface area (Å²) in [4.78, 5) is 12.2. The van der Waals surface area contributed by atoms with Crippen molar-refractivity contribution >= 4 is 21.7 Å². The van der Waals surface area contributed by atoms with Crippen molar-refractivity contribution in [3.63, 3.8) is 0 Å². The fourth-order valence-electron chi connectivity index (χ4n) is 2.93. The predicted octanol–water partition coefficient (Wildman–Crippen LogP) is 3.23. The van der Waals surface area contributed by atoms with Gasteiger partial charge in [0.2, 0.25) is 0 Å². The van der Waals surface area contributed by atoms with Crippen LogP contribution in [0.15, 0.2) is 35.2 Å². The molecule has 0 aliphatic carbocycles. The monoisotopic (exact) mass is 377 g/mol. The third-order valence-corrected chi connectivity index (χ3v) is 6.53.